The SMILES string of the molecule is O=C(CCCCc1nc2ccccc2s1)NC(c1ccccc1)c1ccncc1. The molecule has 29 heavy (non-hydrogen) atoms. The number of aryl methyl sites for hydroxylation is 1. The number of unbranched alkanes of at least 4 members (excludes halogenated alkanes) is 1. The Morgan fingerprint density at radius 1 is 0.897 bits per heavy atom. The second-order valence-corrected chi connectivity index (χ2v) is 8.09. The number of fused-ring (bicyclic) bond motifs is 1. The average Bonchev–Trinajstić information content (AvgIpc) is 3.19. The van der Waals surface area contributed by atoms with E-state index in [2.05, 4.69) is 21.4 Å². The van der Waals surface area contributed by atoms with Gasteiger partial charge in [0.25, 0.3) is 0 Å². The summed E-state index contributed by atoms with van der Waals surface area (Å²) >= 11 is 1.74. The van der Waals surface area contributed by atoms with Gasteiger partial charge in [-0.25, -0.2) is 4.98 Å². The van der Waals surface area contributed by atoms with Gasteiger partial charge in [0.1, 0.15) is 0 Å². The number of nitrogens with zero attached hydrogens (tertiary/aromatic N) is 2. The van der Waals surface area contributed by atoms with Gasteiger partial charge < -0.3 is 5.32 Å². The van der Waals surface area contributed by atoms with Gasteiger partial charge in [0.15, 0.2) is 0 Å². The Kier molecular flexibility index (Phi) is 6.27. The molecule has 5 heteroatoms. The van der Waals surface area contributed by atoms with Crippen LogP contribution in [0.2, 0.25) is 0 Å². The van der Waals surface area contributed by atoms with Crippen molar-refractivity contribution in [1.82, 2.24) is 15.3 Å². The largest absolute Gasteiger partial charge is 0.345 e. The predicted octanol–water partition coefficient (Wildman–Crippen LogP) is 5.31. The molecule has 4 aromatic rings. The molecule has 0 saturated carbocycles. The zero-order chi connectivity index (χ0) is 19.9. The van der Waals surface area contributed by atoms with Crippen LogP contribution in [-0.4, -0.2) is 15.9 Å². The molecule has 0 spiro atoms. The van der Waals surface area contributed by atoms with E-state index in [-0.39, 0.29) is 11.9 Å². The number of amides is 1. The lowest BCUT2D eigenvalue weighted by atomic mass is 9.99. The van der Waals surface area contributed by atoms with Crippen LogP contribution in [0.3, 0.4) is 0 Å². The molecule has 1 unspecified atom stereocenters. The summed E-state index contributed by atoms with van der Waals surface area (Å²) in [5, 5.41) is 4.33. The first kappa shape index (κ1) is 19.3. The van der Waals surface area contributed by atoms with Crippen molar-refractivity contribution in [3.05, 3.63) is 95.3 Å². The fourth-order valence-electron chi connectivity index (χ4n) is 3.38. The highest BCUT2D eigenvalue weighted by Crippen LogP contribution is 2.24. The van der Waals surface area contributed by atoms with E-state index in [1.807, 2.05) is 60.7 Å². The van der Waals surface area contributed by atoms with E-state index < -0.39 is 0 Å². The molecule has 0 aliphatic rings. The van der Waals surface area contributed by atoms with Crippen LogP contribution in [0.1, 0.15) is 41.4 Å². The molecule has 2 aromatic heterocycles. The van der Waals surface area contributed by atoms with Crippen LogP contribution in [-0.2, 0) is 11.2 Å². The number of thiazole rings is 1. The molecule has 0 aliphatic carbocycles. The Bertz CT molecular complexity index is 991. The quantitative estimate of drug-likeness (QED) is 0.407. The summed E-state index contributed by atoms with van der Waals surface area (Å²) in [5.74, 6) is 0.0694. The second-order valence-electron chi connectivity index (χ2n) is 6.97. The van der Waals surface area contributed by atoms with Crippen LogP contribution in [0.25, 0.3) is 10.2 Å². The van der Waals surface area contributed by atoms with Crippen LogP contribution in [0.4, 0.5) is 0 Å². The maximum absolute atomic E-state index is 12.6. The van der Waals surface area contributed by atoms with Gasteiger partial charge in [-0.05, 0) is 54.7 Å². The summed E-state index contributed by atoms with van der Waals surface area (Å²) in [5.41, 5.74) is 3.17. The molecule has 1 N–H and O–H groups in total. The topological polar surface area (TPSA) is 54.9 Å². The first-order chi connectivity index (χ1) is 14.3. The molecule has 0 radical (unpaired) electrons. The number of hydrogen-bond donors (Lipinski definition) is 1. The predicted molar refractivity (Wildman–Crippen MR) is 118 cm³/mol. The minimum atomic E-state index is -0.157. The summed E-state index contributed by atoms with van der Waals surface area (Å²) in [6, 6.07) is 22.0. The third kappa shape index (κ3) is 5.06. The zero-order valence-corrected chi connectivity index (χ0v) is 16.9. The molecule has 0 fully saturated rings. The molecule has 0 bridgehead atoms. The van der Waals surface area contributed by atoms with Gasteiger partial charge in [0.05, 0.1) is 21.3 Å². The van der Waals surface area contributed by atoms with Crippen molar-refractivity contribution in [2.45, 2.75) is 31.7 Å². The van der Waals surface area contributed by atoms with Gasteiger partial charge in [-0.3, -0.25) is 9.78 Å². The molecule has 4 rings (SSSR count). The summed E-state index contributed by atoms with van der Waals surface area (Å²) < 4.78 is 1.23. The fourth-order valence-corrected chi connectivity index (χ4v) is 4.39. The Morgan fingerprint density at radius 3 is 2.41 bits per heavy atom. The van der Waals surface area contributed by atoms with Gasteiger partial charge in [-0.1, -0.05) is 42.5 Å². The first-order valence-corrected chi connectivity index (χ1v) is 10.7. The normalized spacial score (nSPS) is 12.0. The van der Waals surface area contributed by atoms with Crippen molar-refractivity contribution < 1.29 is 4.79 Å². The Hall–Kier alpha value is -3.05. The number of para-hydroxylation sites is 1. The number of pyridine rings is 1. The van der Waals surface area contributed by atoms with Crippen LogP contribution >= 0.6 is 11.3 Å². The minimum absolute atomic E-state index is 0.0694. The molecule has 146 valence electrons. The molecule has 2 heterocycles. The lowest BCUT2D eigenvalue weighted by molar-refractivity contribution is -0.121. The van der Waals surface area contributed by atoms with Crippen molar-refractivity contribution in [3.63, 3.8) is 0 Å². The smallest absolute Gasteiger partial charge is 0.220 e. The van der Waals surface area contributed by atoms with E-state index >= 15 is 0 Å². The Labute approximate surface area is 174 Å². The van der Waals surface area contributed by atoms with Gasteiger partial charge >= 0.3 is 0 Å². The monoisotopic (exact) mass is 401 g/mol. The van der Waals surface area contributed by atoms with E-state index in [0.29, 0.717) is 6.42 Å². The maximum atomic E-state index is 12.6. The third-order valence-electron chi connectivity index (χ3n) is 4.86. The molecule has 1 amide bonds. The lowest BCUT2D eigenvalue weighted by Gasteiger charge is -2.19. The number of carbonyl (C=O) groups excluding carboxylic acids is 1. The summed E-state index contributed by atoms with van der Waals surface area (Å²) in [6.45, 7) is 0. The number of hydrogen-bond acceptors (Lipinski definition) is 4. The van der Waals surface area contributed by atoms with Crippen LogP contribution in [0.5, 0.6) is 0 Å². The first-order valence-electron chi connectivity index (χ1n) is 9.88. The van der Waals surface area contributed by atoms with Crippen molar-refractivity contribution in [1.29, 1.82) is 0 Å². The number of nitrogens with one attached hydrogen (secondary N) is 1. The molecular weight excluding hydrogens is 378 g/mol. The highest BCUT2D eigenvalue weighted by molar-refractivity contribution is 7.18. The van der Waals surface area contributed by atoms with Crippen LogP contribution in [0.15, 0.2) is 79.1 Å². The van der Waals surface area contributed by atoms with Gasteiger partial charge in [-0.15, -0.1) is 11.3 Å². The standard InChI is InChI=1S/C24H23N3OS/c28-22(12-6-7-13-23-26-20-10-4-5-11-21(20)29-23)27-24(18-8-2-1-3-9-18)19-14-16-25-17-15-19/h1-5,8-11,14-17,24H,6-7,12-13H2,(H,27,28). The van der Waals surface area contributed by atoms with Crippen molar-refractivity contribution >= 4 is 27.5 Å². The minimum Gasteiger partial charge on any atom is -0.345 e. The highest BCUT2D eigenvalue weighted by atomic mass is 32.1. The molecule has 4 nitrogen and oxygen atoms in total. The molecule has 0 aliphatic heterocycles. The number of benzene rings is 2. The molecule has 0 saturated heterocycles. The van der Waals surface area contributed by atoms with Crippen LogP contribution < -0.4 is 5.32 Å². The fraction of sp³-hybridized carbons (Fsp3) is 0.208. The summed E-state index contributed by atoms with van der Waals surface area (Å²) in [4.78, 5) is 21.4. The van der Waals surface area contributed by atoms with E-state index in [9.17, 15) is 4.79 Å². The number of aromatic nitrogens is 2. The summed E-state index contributed by atoms with van der Waals surface area (Å²) in [6.07, 6.45) is 6.75. The van der Waals surface area contributed by atoms with E-state index in [1.165, 1.54) is 4.70 Å². The third-order valence-corrected chi connectivity index (χ3v) is 5.96. The molecule has 2 aromatic carbocycles. The second kappa shape index (κ2) is 9.43. The molecular formula is C24H23N3OS. The van der Waals surface area contributed by atoms with E-state index in [1.54, 1.807) is 23.7 Å². The average molecular weight is 402 g/mol. The van der Waals surface area contributed by atoms with Crippen molar-refractivity contribution in [2.24, 2.45) is 0 Å². The molecule has 1 atom stereocenters. The van der Waals surface area contributed by atoms with Crippen molar-refractivity contribution in [2.75, 3.05) is 0 Å². The Morgan fingerprint density at radius 2 is 1.62 bits per heavy atom. The lowest BCUT2D eigenvalue weighted by Crippen LogP contribution is -2.29. The van der Waals surface area contributed by atoms with Gasteiger partial charge in [0.2, 0.25) is 5.91 Å². The summed E-state index contributed by atoms with van der Waals surface area (Å²) in [7, 11) is 0. The van der Waals surface area contributed by atoms with Gasteiger partial charge in [0, 0.05) is 18.8 Å². The highest BCUT2D eigenvalue weighted by Gasteiger charge is 2.16. The van der Waals surface area contributed by atoms with Crippen molar-refractivity contribution in [3.8, 4) is 0 Å². The Balaban J connectivity index is 1.32. The maximum Gasteiger partial charge on any atom is 0.220 e. The van der Waals surface area contributed by atoms with E-state index in [4.69, 9.17) is 0 Å². The zero-order valence-electron chi connectivity index (χ0n) is 16.1. The van der Waals surface area contributed by atoms with Gasteiger partial charge in [-0.2, -0.15) is 0 Å². The van der Waals surface area contributed by atoms with E-state index in [0.717, 1.165) is 40.9 Å². The number of rotatable bonds is 8. The van der Waals surface area contributed by atoms with Crippen LogP contribution in [0, 0.1) is 0 Å². The number of carbonyl (C=O) groups is 1.